The molecule has 8 nitrogen and oxygen atoms in total. The quantitative estimate of drug-likeness (QED) is 0.594. The molecule has 9 heteroatoms. The number of ether oxygens (including phenoxy) is 1. The minimum Gasteiger partial charge on any atom is -0.485 e. The van der Waals surface area contributed by atoms with Crippen LogP contribution >= 0.6 is 0 Å². The largest absolute Gasteiger partial charge is 0.485 e. The Balaban J connectivity index is 1.74. The molecule has 2 heterocycles. The number of nitrogens with one attached hydrogen (secondary N) is 1. The molecular formula is C21H22N4O4S. The van der Waals surface area contributed by atoms with Gasteiger partial charge in [-0.1, -0.05) is 18.2 Å². The summed E-state index contributed by atoms with van der Waals surface area (Å²) in [6, 6.07) is 14.0. The number of hydrogen-bond donors (Lipinski definition) is 1. The van der Waals surface area contributed by atoms with Gasteiger partial charge < -0.3 is 10.1 Å². The third-order valence-electron chi connectivity index (χ3n) is 4.24. The van der Waals surface area contributed by atoms with E-state index in [2.05, 4.69) is 15.3 Å². The van der Waals surface area contributed by atoms with Crippen molar-refractivity contribution in [3.05, 3.63) is 78.2 Å². The summed E-state index contributed by atoms with van der Waals surface area (Å²) in [6.07, 6.45) is 5.91. The molecule has 1 N–H and O–H groups in total. The van der Waals surface area contributed by atoms with Crippen molar-refractivity contribution in [2.45, 2.75) is 13.5 Å². The second kappa shape index (κ2) is 9.36. The minimum atomic E-state index is -3.67. The summed E-state index contributed by atoms with van der Waals surface area (Å²) in [5.41, 5.74) is 2.11. The van der Waals surface area contributed by atoms with Crippen LogP contribution in [-0.2, 0) is 21.4 Å². The lowest BCUT2D eigenvalue weighted by atomic mass is 10.2. The molecule has 0 spiro atoms. The van der Waals surface area contributed by atoms with Crippen LogP contribution in [0.2, 0.25) is 0 Å². The summed E-state index contributed by atoms with van der Waals surface area (Å²) in [5.74, 6) is 0.0652. The van der Waals surface area contributed by atoms with Crippen molar-refractivity contribution in [2.75, 3.05) is 22.4 Å². The van der Waals surface area contributed by atoms with E-state index < -0.39 is 15.9 Å². The predicted molar refractivity (Wildman–Crippen MR) is 115 cm³/mol. The molecule has 0 radical (unpaired) electrons. The number of carbonyl (C=O) groups is 1. The molecule has 156 valence electrons. The van der Waals surface area contributed by atoms with Gasteiger partial charge in [-0.05, 0) is 48.4 Å². The van der Waals surface area contributed by atoms with Crippen molar-refractivity contribution in [1.82, 2.24) is 9.97 Å². The fourth-order valence-corrected chi connectivity index (χ4v) is 3.68. The van der Waals surface area contributed by atoms with Gasteiger partial charge in [-0.3, -0.25) is 14.1 Å². The molecule has 0 aliphatic rings. The molecule has 30 heavy (non-hydrogen) atoms. The number of carbonyl (C=O) groups excluding carboxylic acids is 1. The number of rotatable bonds is 8. The topological polar surface area (TPSA) is 101 Å². The van der Waals surface area contributed by atoms with Gasteiger partial charge in [-0.2, -0.15) is 0 Å². The molecular weight excluding hydrogens is 404 g/mol. The number of hydrogen-bond acceptors (Lipinski definition) is 6. The van der Waals surface area contributed by atoms with E-state index in [1.807, 2.05) is 12.1 Å². The Bertz CT molecular complexity index is 1120. The maximum absolute atomic E-state index is 12.7. The van der Waals surface area contributed by atoms with Gasteiger partial charge in [0.1, 0.15) is 13.2 Å². The summed E-state index contributed by atoms with van der Waals surface area (Å²) in [5, 5.41) is 2.65. The van der Waals surface area contributed by atoms with Gasteiger partial charge in [0.2, 0.25) is 15.9 Å². The maximum Gasteiger partial charge on any atom is 0.246 e. The summed E-state index contributed by atoms with van der Waals surface area (Å²) in [6.45, 7) is 1.68. The number of sulfonamides is 1. The van der Waals surface area contributed by atoms with Gasteiger partial charge in [-0.25, -0.2) is 13.4 Å². The number of amides is 1. The van der Waals surface area contributed by atoms with Gasteiger partial charge >= 0.3 is 0 Å². The Kier molecular flexibility index (Phi) is 6.63. The Morgan fingerprint density at radius 1 is 1.07 bits per heavy atom. The third kappa shape index (κ3) is 5.54. The van der Waals surface area contributed by atoms with Gasteiger partial charge in [0.25, 0.3) is 0 Å². The molecule has 3 rings (SSSR count). The summed E-state index contributed by atoms with van der Waals surface area (Å²) in [7, 11) is -3.67. The lowest BCUT2D eigenvalue weighted by Gasteiger charge is -2.23. The van der Waals surface area contributed by atoms with Crippen LogP contribution in [0.4, 0.5) is 11.5 Å². The molecule has 0 unspecified atom stereocenters. The second-order valence-corrected chi connectivity index (χ2v) is 8.51. The second-order valence-electron chi connectivity index (χ2n) is 6.60. The predicted octanol–water partition coefficient (Wildman–Crippen LogP) is 2.77. The summed E-state index contributed by atoms with van der Waals surface area (Å²) in [4.78, 5) is 20.8. The Labute approximate surface area is 175 Å². The van der Waals surface area contributed by atoms with E-state index in [-0.39, 0.29) is 19.0 Å². The molecule has 0 bridgehead atoms. The molecule has 0 fully saturated rings. The first-order valence-electron chi connectivity index (χ1n) is 9.14. The number of aromatic nitrogens is 2. The van der Waals surface area contributed by atoms with Crippen molar-refractivity contribution in [1.29, 1.82) is 0 Å². The van der Waals surface area contributed by atoms with E-state index in [0.29, 0.717) is 11.4 Å². The lowest BCUT2D eigenvalue weighted by Crippen LogP contribution is -2.38. The fourth-order valence-electron chi connectivity index (χ4n) is 2.77. The number of anilines is 2. The number of pyridine rings is 2. The summed E-state index contributed by atoms with van der Waals surface area (Å²) >= 11 is 0. The molecule has 0 atom stereocenters. The van der Waals surface area contributed by atoms with E-state index in [0.717, 1.165) is 21.7 Å². The zero-order valence-electron chi connectivity index (χ0n) is 16.6. The molecule has 0 saturated heterocycles. The van der Waals surface area contributed by atoms with Gasteiger partial charge in [0.05, 0.1) is 11.9 Å². The van der Waals surface area contributed by atoms with Crippen LogP contribution in [0.3, 0.4) is 0 Å². The average molecular weight is 426 g/mol. The highest BCUT2D eigenvalue weighted by molar-refractivity contribution is 7.92. The smallest absolute Gasteiger partial charge is 0.246 e. The number of benzene rings is 1. The van der Waals surface area contributed by atoms with Gasteiger partial charge in [-0.15, -0.1) is 0 Å². The minimum absolute atomic E-state index is 0.217. The van der Waals surface area contributed by atoms with Crippen LogP contribution in [0.25, 0.3) is 0 Å². The van der Waals surface area contributed by atoms with E-state index in [9.17, 15) is 13.2 Å². The zero-order chi connectivity index (χ0) is 21.6. The molecule has 1 aromatic carbocycles. The van der Waals surface area contributed by atoms with Crippen LogP contribution in [-0.4, -0.2) is 37.1 Å². The van der Waals surface area contributed by atoms with Crippen molar-refractivity contribution in [3.63, 3.8) is 0 Å². The molecule has 0 aliphatic heterocycles. The van der Waals surface area contributed by atoms with E-state index >= 15 is 0 Å². The summed E-state index contributed by atoms with van der Waals surface area (Å²) < 4.78 is 31.4. The normalized spacial score (nSPS) is 11.0. The number of nitrogens with zero attached hydrogens (tertiary/aromatic N) is 3. The van der Waals surface area contributed by atoms with Crippen molar-refractivity contribution in [2.24, 2.45) is 0 Å². The molecule has 0 saturated carbocycles. The molecule has 0 aliphatic carbocycles. The Morgan fingerprint density at radius 2 is 1.80 bits per heavy atom. The van der Waals surface area contributed by atoms with Crippen molar-refractivity contribution < 1.29 is 17.9 Å². The van der Waals surface area contributed by atoms with E-state index in [1.54, 1.807) is 55.7 Å². The standard InChI is InChI=1S/C21H22N4O4S/c1-16-6-3-4-7-18(16)25(30(2,27)28)14-20(26)24-21-19(8-5-11-23-21)29-15-17-9-12-22-13-10-17/h3-13H,14-15H2,1-2H3,(H,23,24,26). The first-order valence-corrected chi connectivity index (χ1v) is 11.0. The Hall–Kier alpha value is -3.46. The molecule has 3 aromatic rings. The fraction of sp³-hybridized carbons (Fsp3) is 0.190. The molecule has 2 aromatic heterocycles. The zero-order valence-corrected chi connectivity index (χ0v) is 17.5. The number of aryl methyl sites for hydroxylation is 1. The van der Waals surface area contributed by atoms with Crippen LogP contribution in [0.1, 0.15) is 11.1 Å². The van der Waals surface area contributed by atoms with Crippen LogP contribution in [0, 0.1) is 6.92 Å². The van der Waals surface area contributed by atoms with Gasteiger partial charge in [0, 0.05) is 18.6 Å². The maximum atomic E-state index is 12.7. The first-order chi connectivity index (χ1) is 14.3. The number of para-hydroxylation sites is 1. The SMILES string of the molecule is Cc1ccccc1N(CC(=O)Nc1ncccc1OCc1ccncc1)S(C)(=O)=O. The van der Waals surface area contributed by atoms with Crippen LogP contribution in [0.5, 0.6) is 5.75 Å². The first kappa shape index (κ1) is 21.3. The highest BCUT2D eigenvalue weighted by Gasteiger charge is 2.23. The van der Waals surface area contributed by atoms with E-state index in [1.165, 1.54) is 6.20 Å². The van der Waals surface area contributed by atoms with E-state index in [4.69, 9.17) is 4.74 Å². The lowest BCUT2D eigenvalue weighted by molar-refractivity contribution is -0.114. The Morgan fingerprint density at radius 3 is 2.50 bits per heavy atom. The van der Waals surface area contributed by atoms with Crippen LogP contribution in [0.15, 0.2) is 67.1 Å². The van der Waals surface area contributed by atoms with Crippen LogP contribution < -0.4 is 14.4 Å². The molecule has 1 amide bonds. The van der Waals surface area contributed by atoms with Gasteiger partial charge in [0.15, 0.2) is 11.6 Å². The average Bonchev–Trinajstić information content (AvgIpc) is 2.72. The van der Waals surface area contributed by atoms with Crippen molar-refractivity contribution >= 4 is 27.4 Å². The third-order valence-corrected chi connectivity index (χ3v) is 5.37. The monoisotopic (exact) mass is 426 g/mol. The van der Waals surface area contributed by atoms with Crippen molar-refractivity contribution in [3.8, 4) is 5.75 Å². The highest BCUT2D eigenvalue weighted by atomic mass is 32.2. The highest BCUT2D eigenvalue weighted by Crippen LogP contribution is 2.24.